The van der Waals surface area contributed by atoms with E-state index in [0.29, 0.717) is 6.42 Å². The summed E-state index contributed by atoms with van der Waals surface area (Å²) < 4.78 is 1.16. The molecule has 4 heteroatoms. The van der Waals surface area contributed by atoms with Gasteiger partial charge in [-0.25, -0.2) is 0 Å². The molecule has 1 aromatic heterocycles. The first-order valence-electron chi connectivity index (χ1n) is 4.51. The van der Waals surface area contributed by atoms with Gasteiger partial charge in [-0.15, -0.1) is 11.3 Å². The molecular formula is C10H13BrN2S. The van der Waals surface area contributed by atoms with Gasteiger partial charge >= 0.3 is 0 Å². The number of nitrogens with zero attached hydrogens (tertiary/aromatic N) is 2. The molecule has 0 bridgehead atoms. The molecule has 0 aromatic carbocycles. The van der Waals surface area contributed by atoms with Crippen LogP contribution in [0, 0.1) is 11.3 Å². The molecule has 0 N–H and O–H groups in total. The van der Waals surface area contributed by atoms with Crippen molar-refractivity contribution in [3.05, 3.63) is 20.8 Å². The fourth-order valence-electron chi connectivity index (χ4n) is 1.21. The van der Waals surface area contributed by atoms with Crippen molar-refractivity contribution in [1.29, 1.82) is 5.26 Å². The zero-order valence-electron chi connectivity index (χ0n) is 8.16. The molecule has 0 saturated carbocycles. The first kappa shape index (κ1) is 11.7. The molecule has 0 aliphatic heterocycles. The minimum Gasteiger partial charge on any atom is -0.301 e. The average Bonchev–Trinajstić information content (AvgIpc) is 2.52. The number of thiophene rings is 1. The van der Waals surface area contributed by atoms with Gasteiger partial charge < -0.3 is 4.90 Å². The fourth-order valence-corrected chi connectivity index (χ4v) is 2.74. The number of nitriles is 1. The van der Waals surface area contributed by atoms with Gasteiger partial charge in [0.25, 0.3) is 0 Å². The molecule has 0 unspecified atom stereocenters. The van der Waals surface area contributed by atoms with E-state index in [0.717, 1.165) is 24.0 Å². The van der Waals surface area contributed by atoms with Crippen LogP contribution < -0.4 is 0 Å². The number of hydrogen-bond donors (Lipinski definition) is 0. The second-order valence-electron chi connectivity index (χ2n) is 3.23. The van der Waals surface area contributed by atoms with E-state index >= 15 is 0 Å². The van der Waals surface area contributed by atoms with E-state index in [1.165, 1.54) is 4.88 Å². The molecule has 0 saturated heterocycles. The molecule has 76 valence electrons. The Kier molecular flexibility index (Phi) is 5.16. The number of hydrogen-bond acceptors (Lipinski definition) is 3. The summed E-state index contributed by atoms with van der Waals surface area (Å²) in [5, 5.41) is 10.5. The Bertz CT molecular complexity index is 316. The van der Waals surface area contributed by atoms with E-state index in [1.807, 2.05) is 0 Å². The second kappa shape index (κ2) is 6.18. The van der Waals surface area contributed by atoms with Crippen LogP contribution in [0.1, 0.15) is 17.7 Å². The lowest BCUT2D eigenvalue weighted by atomic mass is 10.3. The Labute approximate surface area is 97.3 Å². The zero-order valence-corrected chi connectivity index (χ0v) is 10.6. The molecule has 2 nitrogen and oxygen atoms in total. The topological polar surface area (TPSA) is 27.0 Å². The Morgan fingerprint density at radius 3 is 3.00 bits per heavy atom. The van der Waals surface area contributed by atoms with Gasteiger partial charge in [0.15, 0.2) is 0 Å². The SMILES string of the molecule is CN(CCCC#N)Cc1cc(Br)cs1. The van der Waals surface area contributed by atoms with Crippen LogP contribution in [0.15, 0.2) is 15.9 Å². The fraction of sp³-hybridized carbons (Fsp3) is 0.500. The van der Waals surface area contributed by atoms with Crippen molar-refractivity contribution in [2.45, 2.75) is 19.4 Å². The molecule has 0 aliphatic rings. The van der Waals surface area contributed by atoms with E-state index in [2.05, 4.69) is 45.4 Å². The smallest absolute Gasteiger partial charge is 0.0622 e. The third-order valence-corrected chi connectivity index (χ3v) is 3.56. The first-order valence-corrected chi connectivity index (χ1v) is 6.18. The summed E-state index contributed by atoms with van der Waals surface area (Å²) in [6.45, 7) is 1.96. The van der Waals surface area contributed by atoms with Gasteiger partial charge in [-0.1, -0.05) is 0 Å². The van der Waals surface area contributed by atoms with Crippen molar-refractivity contribution in [3.63, 3.8) is 0 Å². The standard InChI is InChI=1S/C10H13BrN2S/c1-13(5-3-2-4-12)7-10-6-9(11)8-14-10/h6,8H,2-3,5,7H2,1H3. The van der Waals surface area contributed by atoms with Crippen molar-refractivity contribution in [2.24, 2.45) is 0 Å². The monoisotopic (exact) mass is 272 g/mol. The van der Waals surface area contributed by atoms with E-state index in [-0.39, 0.29) is 0 Å². The highest BCUT2D eigenvalue weighted by Crippen LogP contribution is 2.20. The van der Waals surface area contributed by atoms with Gasteiger partial charge in [0.05, 0.1) is 6.07 Å². The second-order valence-corrected chi connectivity index (χ2v) is 5.14. The molecular weight excluding hydrogens is 260 g/mol. The number of halogens is 1. The Morgan fingerprint density at radius 1 is 1.64 bits per heavy atom. The molecule has 1 aromatic rings. The lowest BCUT2D eigenvalue weighted by molar-refractivity contribution is 0.326. The van der Waals surface area contributed by atoms with Gasteiger partial charge in [0.1, 0.15) is 0 Å². The Morgan fingerprint density at radius 2 is 2.43 bits per heavy atom. The van der Waals surface area contributed by atoms with Crippen LogP contribution in [0.25, 0.3) is 0 Å². The van der Waals surface area contributed by atoms with Crippen LogP contribution >= 0.6 is 27.3 Å². The lowest BCUT2D eigenvalue weighted by Gasteiger charge is -2.13. The summed E-state index contributed by atoms with van der Waals surface area (Å²) in [7, 11) is 2.09. The minimum absolute atomic E-state index is 0.651. The molecule has 0 radical (unpaired) electrons. The van der Waals surface area contributed by atoms with Crippen molar-refractivity contribution in [3.8, 4) is 6.07 Å². The van der Waals surface area contributed by atoms with Gasteiger partial charge in [-0.3, -0.25) is 0 Å². The van der Waals surface area contributed by atoms with Crippen LogP contribution in [-0.2, 0) is 6.54 Å². The van der Waals surface area contributed by atoms with Gasteiger partial charge in [0, 0.05) is 27.7 Å². The predicted molar refractivity (Wildman–Crippen MR) is 63.2 cm³/mol. The quantitative estimate of drug-likeness (QED) is 0.770. The molecule has 0 fully saturated rings. The van der Waals surface area contributed by atoms with Crippen molar-refractivity contribution >= 4 is 27.3 Å². The Hall–Kier alpha value is -0.370. The summed E-state index contributed by atoms with van der Waals surface area (Å²) in [5.74, 6) is 0. The van der Waals surface area contributed by atoms with E-state index < -0.39 is 0 Å². The maximum absolute atomic E-state index is 8.40. The molecule has 14 heavy (non-hydrogen) atoms. The molecule has 0 spiro atoms. The van der Waals surface area contributed by atoms with Gasteiger partial charge in [-0.2, -0.15) is 5.26 Å². The summed E-state index contributed by atoms with van der Waals surface area (Å²) in [4.78, 5) is 3.60. The molecule has 0 atom stereocenters. The largest absolute Gasteiger partial charge is 0.301 e. The summed E-state index contributed by atoms with van der Waals surface area (Å²) in [5.41, 5.74) is 0. The highest BCUT2D eigenvalue weighted by Gasteiger charge is 2.02. The summed E-state index contributed by atoms with van der Waals surface area (Å²) in [6.07, 6.45) is 1.61. The normalized spacial score (nSPS) is 10.4. The molecule has 1 heterocycles. The van der Waals surface area contributed by atoms with E-state index in [4.69, 9.17) is 5.26 Å². The van der Waals surface area contributed by atoms with Crippen LogP contribution in [0.3, 0.4) is 0 Å². The van der Waals surface area contributed by atoms with E-state index in [1.54, 1.807) is 11.3 Å². The summed E-state index contributed by atoms with van der Waals surface area (Å²) in [6, 6.07) is 4.30. The molecule has 0 amide bonds. The van der Waals surface area contributed by atoms with Gasteiger partial charge in [0.2, 0.25) is 0 Å². The number of unbranched alkanes of at least 4 members (excludes halogenated alkanes) is 1. The van der Waals surface area contributed by atoms with E-state index in [9.17, 15) is 0 Å². The van der Waals surface area contributed by atoms with Crippen molar-refractivity contribution in [1.82, 2.24) is 4.90 Å². The van der Waals surface area contributed by atoms with Crippen LogP contribution in [0.4, 0.5) is 0 Å². The average molecular weight is 273 g/mol. The van der Waals surface area contributed by atoms with Crippen LogP contribution in [0.2, 0.25) is 0 Å². The van der Waals surface area contributed by atoms with Crippen LogP contribution in [0.5, 0.6) is 0 Å². The lowest BCUT2D eigenvalue weighted by Crippen LogP contribution is -2.18. The van der Waals surface area contributed by atoms with Crippen LogP contribution in [-0.4, -0.2) is 18.5 Å². The maximum atomic E-state index is 8.40. The summed E-state index contributed by atoms with van der Waals surface area (Å²) >= 11 is 5.20. The van der Waals surface area contributed by atoms with Gasteiger partial charge in [-0.05, 0) is 42.0 Å². The van der Waals surface area contributed by atoms with Crippen molar-refractivity contribution < 1.29 is 0 Å². The minimum atomic E-state index is 0.651. The highest BCUT2D eigenvalue weighted by molar-refractivity contribution is 9.10. The number of rotatable bonds is 5. The third kappa shape index (κ3) is 4.23. The maximum Gasteiger partial charge on any atom is 0.0622 e. The Balaban J connectivity index is 2.27. The predicted octanol–water partition coefficient (Wildman–Crippen LogP) is 3.25. The van der Waals surface area contributed by atoms with Crippen molar-refractivity contribution in [2.75, 3.05) is 13.6 Å². The first-order chi connectivity index (χ1) is 6.72. The molecule has 0 aliphatic carbocycles. The zero-order chi connectivity index (χ0) is 10.4. The highest BCUT2D eigenvalue weighted by atomic mass is 79.9. The third-order valence-electron chi connectivity index (χ3n) is 1.88. The molecule has 1 rings (SSSR count).